The third kappa shape index (κ3) is 4.97. The number of ether oxygens (including phenoxy) is 1. The predicted octanol–water partition coefficient (Wildman–Crippen LogP) is 3.64. The van der Waals surface area contributed by atoms with Gasteiger partial charge in [0.1, 0.15) is 0 Å². The van der Waals surface area contributed by atoms with Gasteiger partial charge in [0.25, 0.3) is 0 Å². The molecular weight excluding hydrogens is 338 g/mol. The second-order valence-corrected chi connectivity index (χ2v) is 7.03. The summed E-state index contributed by atoms with van der Waals surface area (Å²) >= 11 is 0. The molecule has 0 bridgehead atoms. The molecule has 0 heterocycles. The molecule has 0 fully saturated rings. The van der Waals surface area contributed by atoms with Crippen molar-refractivity contribution in [3.63, 3.8) is 0 Å². The van der Waals surface area contributed by atoms with Crippen molar-refractivity contribution < 1.29 is 14.3 Å². The van der Waals surface area contributed by atoms with Gasteiger partial charge in [-0.3, -0.25) is 9.59 Å². The fourth-order valence-electron chi connectivity index (χ4n) is 3.77. The maximum Gasteiger partial charge on any atom is 0.311 e. The molecule has 2 aromatic rings. The monoisotopic (exact) mass is 365 g/mol. The highest BCUT2D eigenvalue weighted by Gasteiger charge is 2.28. The molecule has 2 aromatic carbocycles. The van der Waals surface area contributed by atoms with Crippen molar-refractivity contribution in [2.75, 3.05) is 13.2 Å². The van der Waals surface area contributed by atoms with Crippen LogP contribution in [0.25, 0.3) is 0 Å². The van der Waals surface area contributed by atoms with Gasteiger partial charge in [0.2, 0.25) is 5.91 Å². The maximum atomic E-state index is 12.8. The van der Waals surface area contributed by atoms with E-state index in [0.29, 0.717) is 19.6 Å². The Morgan fingerprint density at radius 2 is 1.85 bits per heavy atom. The summed E-state index contributed by atoms with van der Waals surface area (Å²) in [4.78, 5) is 25.2. The van der Waals surface area contributed by atoms with E-state index in [0.717, 1.165) is 30.4 Å². The van der Waals surface area contributed by atoms with Crippen LogP contribution >= 0.6 is 0 Å². The topological polar surface area (TPSA) is 55.4 Å². The summed E-state index contributed by atoms with van der Waals surface area (Å²) in [5.41, 5.74) is 3.44. The molecule has 1 amide bonds. The molecule has 4 heteroatoms. The van der Waals surface area contributed by atoms with Gasteiger partial charge in [-0.1, -0.05) is 54.6 Å². The van der Waals surface area contributed by atoms with E-state index in [1.807, 2.05) is 48.5 Å². The van der Waals surface area contributed by atoms with Crippen LogP contribution in [0.4, 0.5) is 0 Å². The summed E-state index contributed by atoms with van der Waals surface area (Å²) in [6, 6.07) is 18.0. The summed E-state index contributed by atoms with van der Waals surface area (Å²) < 4.78 is 5.22. The van der Waals surface area contributed by atoms with Gasteiger partial charge in [-0.15, -0.1) is 0 Å². The molecule has 2 atom stereocenters. The summed E-state index contributed by atoms with van der Waals surface area (Å²) in [6.45, 7) is 2.44. The van der Waals surface area contributed by atoms with Crippen molar-refractivity contribution in [2.24, 2.45) is 5.92 Å². The zero-order chi connectivity index (χ0) is 19.1. The molecule has 142 valence electrons. The van der Waals surface area contributed by atoms with E-state index in [4.69, 9.17) is 4.74 Å². The minimum atomic E-state index is -0.380. The Bertz CT molecular complexity index is 772. The predicted molar refractivity (Wildman–Crippen MR) is 105 cm³/mol. The second kappa shape index (κ2) is 9.36. The molecule has 4 nitrogen and oxygen atoms in total. The summed E-state index contributed by atoms with van der Waals surface area (Å²) in [7, 11) is 0. The Morgan fingerprint density at radius 3 is 2.63 bits per heavy atom. The molecule has 3 rings (SSSR count). The zero-order valence-corrected chi connectivity index (χ0v) is 15.8. The number of fused-ring (bicyclic) bond motifs is 1. The lowest BCUT2D eigenvalue weighted by Gasteiger charge is -2.25. The number of benzene rings is 2. The van der Waals surface area contributed by atoms with Crippen LogP contribution in [0, 0.1) is 5.92 Å². The van der Waals surface area contributed by atoms with Gasteiger partial charge in [-0.25, -0.2) is 0 Å². The van der Waals surface area contributed by atoms with Crippen LogP contribution in [-0.4, -0.2) is 25.0 Å². The number of aryl methyl sites for hydroxylation is 1. The third-order valence-corrected chi connectivity index (χ3v) is 5.15. The van der Waals surface area contributed by atoms with Crippen molar-refractivity contribution >= 4 is 11.9 Å². The number of carbonyl (C=O) groups excluding carboxylic acids is 2. The van der Waals surface area contributed by atoms with Crippen LogP contribution < -0.4 is 5.32 Å². The Balaban J connectivity index is 1.66. The number of nitrogens with one attached hydrogen (secondary N) is 1. The Kier molecular flexibility index (Phi) is 6.64. The minimum Gasteiger partial charge on any atom is -0.466 e. The lowest BCUT2D eigenvalue weighted by molar-refractivity contribution is -0.147. The van der Waals surface area contributed by atoms with Crippen LogP contribution in [0.15, 0.2) is 54.6 Å². The smallest absolute Gasteiger partial charge is 0.311 e. The summed E-state index contributed by atoms with van der Waals surface area (Å²) in [5, 5.41) is 3.01. The second-order valence-electron chi connectivity index (χ2n) is 7.03. The van der Waals surface area contributed by atoms with Crippen molar-refractivity contribution in [3.05, 3.63) is 71.3 Å². The van der Waals surface area contributed by atoms with Gasteiger partial charge in [0, 0.05) is 6.54 Å². The van der Waals surface area contributed by atoms with Crippen molar-refractivity contribution in [3.8, 4) is 0 Å². The van der Waals surface area contributed by atoms with Crippen LogP contribution in [0.2, 0.25) is 0 Å². The SMILES string of the molecule is CCOC(=O)C(CNC(=O)C1CCCc2ccccc21)Cc1ccccc1. The van der Waals surface area contributed by atoms with E-state index in [-0.39, 0.29) is 23.7 Å². The van der Waals surface area contributed by atoms with Crippen molar-refractivity contribution in [1.82, 2.24) is 5.32 Å². The number of hydrogen-bond donors (Lipinski definition) is 1. The molecule has 0 radical (unpaired) electrons. The first kappa shape index (κ1) is 19.2. The minimum absolute atomic E-state index is 0.00418. The number of amides is 1. The molecule has 27 heavy (non-hydrogen) atoms. The molecule has 0 saturated carbocycles. The number of hydrogen-bond acceptors (Lipinski definition) is 3. The molecule has 2 unspecified atom stereocenters. The number of esters is 1. The van der Waals surface area contributed by atoms with E-state index in [2.05, 4.69) is 11.4 Å². The van der Waals surface area contributed by atoms with E-state index in [9.17, 15) is 9.59 Å². The van der Waals surface area contributed by atoms with E-state index >= 15 is 0 Å². The van der Waals surface area contributed by atoms with Gasteiger partial charge >= 0.3 is 5.97 Å². The largest absolute Gasteiger partial charge is 0.466 e. The van der Waals surface area contributed by atoms with E-state index in [1.54, 1.807) is 6.92 Å². The van der Waals surface area contributed by atoms with Gasteiger partial charge in [-0.2, -0.15) is 0 Å². The van der Waals surface area contributed by atoms with Crippen molar-refractivity contribution in [1.29, 1.82) is 0 Å². The first-order valence-corrected chi connectivity index (χ1v) is 9.75. The first-order chi connectivity index (χ1) is 13.2. The number of carbonyl (C=O) groups is 2. The van der Waals surface area contributed by atoms with Crippen LogP contribution in [-0.2, 0) is 27.2 Å². The molecule has 0 aliphatic heterocycles. The van der Waals surface area contributed by atoms with Gasteiger partial charge < -0.3 is 10.1 Å². The van der Waals surface area contributed by atoms with Crippen LogP contribution in [0.5, 0.6) is 0 Å². The van der Waals surface area contributed by atoms with E-state index < -0.39 is 0 Å². The zero-order valence-electron chi connectivity index (χ0n) is 15.8. The fourth-order valence-corrected chi connectivity index (χ4v) is 3.77. The highest BCUT2D eigenvalue weighted by atomic mass is 16.5. The van der Waals surface area contributed by atoms with Gasteiger partial charge in [0.05, 0.1) is 18.4 Å². The molecule has 0 aromatic heterocycles. The quantitative estimate of drug-likeness (QED) is 0.762. The Labute approximate surface area is 160 Å². The van der Waals surface area contributed by atoms with Crippen LogP contribution in [0.3, 0.4) is 0 Å². The molecule has 1 aliphatic rings. The average molecular weight is 365 g/mol. The Morgan fingerprint density at radius 1 is 1.11 bits per heavy atom. The first-order valence-electron chi connectivity index (χ1n) is 9.75. The molecule has 1 aliphatic carbocycles. The summed E-state index contributed by atoms with van der Waals surface area (Å²) in [6.07, 6.45) is 3.45. The van der Waals surface area contributed by atoms with E-state index in [1.165, 1.54) is 5.56 Å². The molecule has 1 N–H and O–H groups in total. The molecular formula is C23H27NO3. The Hall–Kier alpha value is -2.62. The highest BCUT2D eigenvalue weighted by Crippen LogP contribution is 2.31. The average Bonchev–Trinajstić information content (AvgIpc) is 2.71. The fraction of sp³-hybridized carbons (Fsp3) is 0.391. The lowest BCUT2D eigenvalue weighted by atomic mass is 9.82. The maximum absolute atomic E-state index is 12.8. The lowest BCUT2D eigenvalue weighted by Crippen LogP contribution is -2.38. The number of rotatable bonds is 7. The van der Waals surface area contributed by atoms with Crippen molar-refractivity contribution in [2.45, 2.75) is 38.5 Å². The highest BCUT2D eigenvalue weighted by molar-refractivity contribution is 5.85. The van der Waals surface area contributed by atoms with Crippen LogP contribution in [0.1, 0.15) is 42.4 Å². The molecule has 0 saturated heterocycles. The molecule has 0 spiro atoms. The third-order valence-electron chi connectivity index (χ3n) is 5.15. The standard InChI is InChI=1S/C23H27NO3/c1-2-27-23(26)19(15-17-9-4-3-5-10-17)16-24-22(25)21-14-8-12-18-11-6-7-13-20(18)21/h3-7,9-11,13,19,21H,2,8,12,14-16H2,1H3,(H,24,25). The van der Waals surface area contributed by atoms with Gasteiger partial charge in [0.15, 0.2) is 0 Å². The summed E-state index contributed by atoms with van der Waals surface area (Å²) in [5.74, 6) is -0.764. The normalized spacial score (nSPS) is 16.9. The van der Waals surface area contributed by atoms with Gasteiger partial charge in [-0.05, 0) is 49.3 Å².